The molecule has 0 spiro atoms. The van der Waals surface area contributed by atoms with Gasteiger partial charge in [0.2, 0.25) is 0 Å². The average molecular weight is 227 g/mol. The summed E-state index contributed by atoms with van der Waals surface area (Å²) in [5, 5.41) is 3.90. The highest BCUT2D eigenvalue weighted by Gasteiger charge is 2.13. The predicted molar refractivity (Wildman–Crippen MR) is 54.8 cm³/mol. The quantitative estimate of drug-likeness (QED) is 0.856. The van der Waals surface area contributed by atoms with E-state index in [-0.39, 0.29) is 5.02 Å². The van der Waals surface area contributed by atoms with Crippen LogP contribution in [0.2, 0.25) is 5.02 Å². The van der Waals surface area contributed by atoms with E-state index < -0.39 is 5.82 Å². The molecule has 5 heteroatoms. The van der Waals surface area contributed by atoms with Crippen LogP contribution in [-0.2, 0) is 6.54 Å². The number of aromatic nitrogens is 1. The molecule has 0 bridgehead atoms. The first-order valence-corrected chi connectivity index (χ1v) is 4.69. The molecule has 0 fully saturated rings. The van der Waals surface area contributed by atoms with Crippen LogP contribution in [0.1, 0.15) is 5.56 Å². The van der Waals surface area contributed by atoms with Crippen molar-refractivity contribution in [3.05, 3.63) is 40.8 Å². The number of hydrogen-bond acceptors (Lipinski definition) is 3. The van der Waals surface area contributed by atoms with Crippen molar-refractivity contribution in [1.82, 2.24) is 5.16 Å². The second kappa shape index (κ2) is 4.00. The van der Waals surface area contributed by atoms with Crippen molar-refractivity contribution in [1.29, 1.82) is 0 Å². The van der Waals surface area contributed by atoms with Gasteiger partial charge in [0, 0.05) is 17.7 Å². The first-order valence-electron chi connectivity index (χ1n) is 4.31. The van der Waals surface area contributed by atoms with Gasteiger partial charge in [0.05, 0.1) is 11.2 Å². The molecule has 3 nitrogen and oxygen atoms in total. The van der Waals surface area contributed by atoms with Crippen LogP contribution in [0.5, 0.6) is 0 Å². The number of halogens is 2. The van der Waals surface area contributed by atoms with Crippen molar-refractivity contribution in [2.24, 2.45) is 5.73 Å². The Labute approximate surface area is 90.6 Å². The molecule has 0 unspecified atom stereocenters. The Bertz CT molecular complexity index is 484. The van der Waals surface area contributed by atoms with Crippen LogP contribution in [0.25, 0.3) is 11.3 Å². The minimum absolute atomic E-state index is 0.279. The summed E-state index contributed by atoms with van der Waals surface area (Å²) in [4.78, 5) is 0. The van der Waals surface area contributed by atoms with Crippen molar-refractivity contribution in [2.75, 3.05) is 0 Å². The van der Waals surface area contributed by atoms with Gasteiger partial charge in [0.15, 0.2) is 5.76 Å². The lowest BCUT2D eigenvalue weighted by atomic mass is 10.1. The molecular formula is C10H8ClFN2O. The number of benzene rings is 1. The summed E-state index contributed by atoms with van der Waals surface area (Å²) in [5.41, 5.74) is 6.83. The first-order chi connectivity index (χ1) is 7.22. The minimum Gasteiger partial charge on any atom is -0.356 e. The van der Waals surface area contributed by atoms with Crippen LogP contribution in [-0.4, -0.2) is 5.16 Å². The molecule has 0 aliphatic carbocycles. The first kappa shape index (κ1) is 10.1. The SMILES string of the molecule is NCc1cnoc1-c1ccc(F)cc1Cl. The van der Waals surface area contributed by atoms with Crippen molar-refractivity contribution >= 4 is 11.6 Å². The fourth-order valence-electron chi connectivity index (χ4n) is 1.30. The maximum Gasteiger partial charge on any atom is 0.172 e. The van der Waals surface area contributed by atoms with Gasteiger partial charge in [-0.15, -0.1) is 0 Å². The Morgan fingerprint density at radius 1 is 1.47 bits per heavy atom. The van der Waals surface area contributed by atoms with Gasteiger partial charge in [-0.3, -0.25) is 0 Å². The zero-order valence-electron chi connectivity index (χ0n) is 7.71. The average Bonchev–Trinajstić information content (AvgIpc) is 2.65. The van der Waals surface area contributed by atoms with Crippen molar-refractivity contribution < 1.29 is 8.91 Å². The third-order valence-corrected chi connectivity index (χ3v) is 2.35. The van der Waals surface area contributed by atoms with Crippen LogP contribution in [0.15, 0.2) is 28.9 Å². The zero-order chi connectivity index (χ0) is 10.8. The molecule has 0 aliphatic rings. The van der Waals surface area contributed by atoms with E-state index in [9.17, 15) is 4.39 Å². The zero-order valence-corrected chi connectivity index (χ0v) is 8.46. The molecule has 0 amide bonds. The van der Waals surface area contributed by atoms with E-state index in [1.165, 1.54) is 24.4 Å². The van der Waals surface area contributed by atoms with Crippen LogP contribution in [0.4, 0.5) is 4.39 Å². The van der Waals surface area contributed by atoms with E-state index in [4.69, 9.17) is 21.9 Å². The summed E-state index contributed by atoms with van der Waals surface area (Å²) >= 11 is 5.88. The van der Waals surface area contributed by atoms with E-state index in [0.717, 1.165) is 5.56 Å². The summed E-state index contributed by atoms with van der Waals surface area (Å²) in [6, 6.07) is 4.07. The second-order valence-electron chi connectivity index (χ2n) is 3.01. The predicted octanol–water partition coefficient (Wildman–Crippen LogP) is 2.59. The molecular weight excluding hydrogens is 219 g/mol. The second-order valence-corrected chi connectivity index (χ2v) is 3.42. The molecule has 0 saturated heterocycles. The molecule has 2 aromatic rings. The largest absolute Gasteiger partial charge is 0.356 e. The fraction of sp³-hybridized carbons (Fsp3) is 0.100. The number of nitrogens with two attached hydrogens (primary N) is 1. The van der Waals surface area contributed by atoms with E-state index in [2.05, 4.69) is 5.16 Å². The van der Waals surface area contributed by atoms with E-state index in [0.29, 0.717) is 17.9 Å². The summed E-state index contributed by atoms with van der Waals surface area (Å²) in [6.45, 7) is 0.298. The third-order valence-electron chi connectivity index (χ3n) is 2.04. The Balaban J connectivity index is 2.54. The summed E-state index contributed by atoms with van der Waals surface area (Å²) in [7, 11) is 0. The van der Waals surface area contributed by atoms with Crippen molar-refractivity contribution in [3.63, 3.8) is 0 Å². The lowest BCUT2D eigenvalue weighted by molar-refractivity contribution is 0.431. The Hall–Kier alpha value is -1.39. The molecule has 0 atom stereocenters. The van der Waals surface area contributed by atoms with Crippen LogP contribution in [0, 0.1) is 5.82 Å². The molecule has 1 heterocycles. The number of rotatable bonds is 2. The van der Waals surface area contributed by atoms with Crippen LogP contribution < -0.4 is 5.73 Å². The van der Waals surface area contributed by atoms with Gasteiger partial charge in [0.1, 0.15) is 5.82 Å². The lowest BCUT2D eigenvalue weighted by Gasteiger charge is -2.01. The topological polar surface area (TPSA) is 52.0 Å². The third kappa shape index (κ3) is 1.86. The molecule has 2 N–H and O–H groups in total. The standard InChI is InChI=1S/C10H8ClFN2O/c11-9-3-7(12)1-2-8(9)10-6(4-13)5-14-15-10/h1-3,5H,4,13H2. The van der Waals surface area contributed by atoms with Crippen molar-refractivity contribution in [3.8, 4) is 11.3 Å². The molecule has 78 valence electrons. The molecule has 1 aromatic heterocycles. The van der Waals surface area contributed by atoms with Gasteiger partial charge in [0.25, 0.3) is 0 Å². The minimum atomic E-state index is -0.391. The Morgan fingerprint density at radius 2 is 2.27 bits per heavy atom. The molecule has 1 aromatic carbocycles. The molecule has 0 aliphatic heterocycles. The van der Waals surface area contributed by atoms with Gasteiger partial charge in [-0.1, -0.05) is 16.8 Å². The van der Waals surface area contributed by atoms with E-state index in [1.54, 1.807) is 0 Å². The highest BCUT2D eigenvalue weighted by molar-refractivity contribution is 6.33. The maximum atomic E-state index is 12.8. The molecule has 15 heavy (non-hydrogen) atoms. The summed E-state index contributed by atoms with van der Waals surface area (Å²) < 4.78 is 17.8. The van der Waals surface area contributed by atoms with Gasteiger partial charge >= 0.3 is 0 Å². The highest BCUT2D eigenvalue weighted by Crippen LogP contribution is 2.30. The van der Waals surface area contributed by atoms with Gasteiger partial charge in [-0.25, -0.2) is 4.39 Å². The molecule has 2 rings (SSSR count). The van der Waals surface area contributed by atoms with Gasteiger partial charge in [-0.05, 0) is 18.2 Å². The lowest BCUT2D eigenvalue weighted by Crippen LogP contribution is -1.96. The number of hydrogen-bond donors (Lipinski definition) is 1. The molecule has 0 radical (unpaired) electrons. The number of nitrogens with zero attached hydrogens (tertiary/aromatic N) is 1. The Morgan fingerprint density at radius 3 is 2.93 bits per heavy atom. The van der Waals surface area contributed by atoms with Gasteiger partial charge in [-0.2, -0.15) is 0 Å². The highest BCUT2D eigenvalue weighted by atomic mass is 35.5. The smallest absolute Gasteiger partial charge is 0.172 e. The summed E-state index contributed by atoms with van der Waals surface area (Å²) in [5.74, 6) is 0.0973. The van der Waals surface area contributed by atoms with Crippen molar-refractivity contribution in [2.45, 2.75) is 6.54 Å². The van der Waals surface area contributed by atoms with E-state index >= 15 is 0 Å². The Kier molecular flexibility index (Phi) is 2.70. The summed E-state index contributed by atoms with van der Waals surface area (Å²) in [6.07, 6.45) is 1.52. The monoisotopic (exact) mass is 226 g/mol. The van der Waals surface area contributed by atoms with E-state index in [1.807, 2.05) is 0 Å². The fourth-order valence-corrected chi connectivity index (χ4v) is 1.55. The van der Waals surface area contributed by atoms with Gasteiger partial charge < -0.3 is 10.3 Å². The van der Waals surface area contributed by atoms with Crippen LogP contribution >= 0.6 is 11.6 Å². The van der Waals surface area contributed by atoms with Crippen LogP contribution in [0.3, 0.4) is 0 Å². The molecule has 0 saturated carbocycles. The maximum absolute atomic E-state index is 12.8. The normalized spacial score (nSPS) is 10.6.